The summed E-state index contributed by atoms with van der Waals surface area (Å²) in [6.07, 6.45) is 0. The van der Waals surface area contributed by atoms with E-state index in [4.69, 9.17) is 0 Å². The molecule has 0 saturated carbocycles. The molecule has 0 radical (unpaired) electrons. The van der Waals surface area contributed by atoms with Gasteiger partial charge in [0.1, 0.15) is 0 Å². The number of esters is 1. The Kier molecular flexibility index (Phi) is 6.06. The molecule has 56 valence electrons. The normalized spacial score (nSPS) is 9.50. The fraction of sp³-hybridized carbons (Fsp3) is 0.667. The van der Waals surface area contributed by atoms with Gasteiger partial charge in [0.25, 0.3) is 0 Å². The molecular formula is C6H10O3Zr. The fourth-order valence-corrected chi connectivity index (χ4v) is 0.220. The van der Waals surface area contributed by atoms with Gasteiger partial charge in [0.15, 0.2) is 0 Å². The van der Waals surface area contributed by atoms with E-state index in [1.54, 1.807) is 20.8 Å². The summed E-state index contributed by atoms with van der Waals surface area (Å²) in [6, 6.07) is 0. The predicted molar refractivity (Wildman–Crippen MR) is 31.6 cm³/mol. The van der Waals surface area contributed by atoms with Crippen LogP contribution in [0.3, 0.4) is 0 Å². The number of hydrogen-bond acceptors (Lipinski definition) is 3. The number of carbonyl (C=O) groups is 2. The smallest absolute Gasteiger partial charge is 0.318 e. The van der Waals surface area contributed by atoms with Gasteiger partial charge in [-0.2, -0.15) is 0 Å². The molecule has 0 unspecified atom stereocenters. The van der Waals surface area contributed by atoms with E-state index in [1.165, 1.54) is 0 Å². The number of carbonyl (C=O) groups excluding carboxylic acids is 2. The molecule has 0 aliphatic carbocycles. The van der Waals surface area contributed by atoms with Crippen molar-refractivity contribution in [2.75, 3.05) is 0 Å². The minimum absolute atomic E-state index is 0. The Labute approximate surface area is 79.2 Å². The minimum atomic E-state index is -0.582. The Bertz CT molecular complexity index is 125. The summed E-state index contributed by atoms with van der Waals surface area (Å²) in [5.41, 5.74) is -0.582. The quantitative estimate of drug-likeness (QED) is 0.372. The van der Waals surface area contributed by atoms with Gasteiger partial charge in [0, 0.05) is 26.2 Å². The molecular weight excluding hydrogens is 211 g/mol. The Morgan fingerprint density at radius 3 is 1.90 bits per heavy atom. The van der Waals surface area contributed by atoms with Gasteiger partial charge in [-0.3, -0.25) is 9.59 Å². The van der Waals surface area contributed by atoms with Crippen molar-refractivity contribution < 1.29 is 40.5 Å². The summed E-state index contributed by atoms with van der Waals surface area (Å²) in [6.45, 7) is 5.18. The van der Waals surface area contributed by atoms with Crippen LogP contribution in [0.2, 0.25) is 0 Å². The first-order valence-corrected chi connectivity index (χ1v) is 2.63. The van der Waals surface area contributed by atoms with Crippen LogP contribution in [0.15, 0.2) is 0 Å². The Hall–Kier alpha value is 0.0231. The maximum atomic E-state index is 10.6. The molecule has 0 aliphatic heterocycles. The molecule has 3 nitrogen and oxygen atoms in total. The van der Waals surface area contributed by atoms with Gasteiger partial charge < -0.3 is 4.74 Å². The topological polar surface area (TPSA) is 43.4 Å². The van der Waals surface area contributed by atoms with E-state index >= 15 is 0 Å². The molecule has 0 aromatic carbocycles. The van der Waals surface area contributed by atoms with E-state index < -0.39 is 11.4 Å². The first-order chi connectivity index (χ1) is 3.98. The second-order valence-corrected chi connectivity index (χ2v) is 2.75. The van der Waals surface area contributed by atoms with Gasteiger partial charge >= 0.3 is 12.4 Å². The van der Waals surface area contributed by atoms with Crippen LogP contribution in [-0.4, -0.2) is 12.4 Å². The van der Waals surface area contributed by atoms with Crippen molar-refractivity contribution in [2.24, 2.45) is 5.41 Å². The third-order valence-corrected chi connectivity index (χ3v) is 0.768. The molecule has 0 fully saturated rings. The van der Waals surface area contributed by atoms with Crippen molar-refractivity contribution >= 4 is 12.4 Å². The van der Waals surface area contributed by atoms with Crippen LogP contribution in [0.25, 0.3) is 0 Å². The SMILES string of the molecule is CC(C)(C)C(=O)OC=O.[Zr]. The van der Waals surface area contributed by atoms with Crippen molar-refractivity contribution in [1.82, 2.24) is 0 Å². The summed E-state index contributed by atoms with van der Waals surface area (Å²) < 4.78 is 4.09. The average molecular weight is 221 g/mol. The Morgan fingerprint density at radius 2 is 1.80 bits per heavy atom. The zero-order valence-electron chi connectivity index (χ0n) is 6.30. The van der Waals surface area contributed by atoms with Crippen LogP contribution in [0.4, 0.5) is 0 Å². The summed E-state index contributed by atoms with van der Waals surface area (Å²) in [7, 11) is 0. The van der Waals surface area contributed by atoms with E-state index in [0.29, 0.717) is 0 Å². The van der Waals surface area contributed by atoms with Gasteiger partial charge in [-0.15, -0.1) is 0 Å². The molecule has 0 heterocycles. The van der Waals surface area contributed by atoms with E-state index in [-0.39, 0.29) is 32.7 Å². The molecule has 0 atom stereocenters. The fourth-order valence-electron chi connectivity index (χ4n) is 0.220. The predicted octanol–water partition coefficient (Wildman–Crippen LogP) is 0.730. The maximum absolute atomic E-state index is 10.6. The standard InChI is InChI=1S/C6H10O3.Zr/c1-6(2,3)5(8)9-4-7;/h4H,1-3H3;. The monoisotopic (exact) mass is 220 g/mol. The summed E-state index contributed by atoms with van der Waals surface area (Å²) >= 11 is 0. The summed E-state index contributed by atoms with van der Waals surface area (Å²) in [5, 5.41) is 0. The molecule has 0 rings (SSSR count). The Balaban J connectivity index is 0. The molecule has 0 aromatic rings. The molecule has 0 bridgehead atoms. The molecule has 0 saturated heterocycles. The van der Waals surface area contributed by atoms with Crippen LogP contribution < -0.4 is 0 Å². The third-order valence-electron chi connectivity index (χ3n) is 0.768. The van der Waals surface area contributed by atoms with E-state index in [0.717, 1.165) is 0 Å². The first-order valence-electron chi connectivity index (χ1n) is 2.63. The van der Waals surface area contributed by atoms with E-state index in [1.807, 2.05) is 0 Å². The second-order valence-electron chi connectivity index (χ2n) is 2.75. The largest absolute Gasteiger partial charge is 0.395 e. The average Bonchev–Trinajstić information content (AvgIpc) is 1.64. The molecule has 0 aromatic heterocycles. The van der Waals surface area contributed by atoms with Gasteiger partial charge in [0.2, 0.25) is 0 Å². The van der Waals surface area contributed by atoms with Crippen LogP contribution in [-0.2, 0) is 40.5 Å². The maximum Gasteiger partial charge on any atom is 0.318 e. The van der Waals surface area contributed by atoms with Gasteiger partial charge in [0.05, 0.1) is 5.41 Å². The van der Waals surface area contributed by atoms with Crippen LogP contribution in [0.5, 0.6) is 0 Å². The van der Waals surface area contributed by atoms with Crippen molar-refractivity contribution in [3.05, 3.63) is 0 Å². The molecule has 0 amide bonds. The summed E-state index contributed by atoms with van der Waals surface area (Å²) in [4.78, 5) is 20.2. The van der Waals surface area contributed by atoms with E-state index in [9.17, 15) is 9.59 Å². The van der Waals surface area contributed by atoms with Crippen LogP contribution >= 0.6 is 0 Å². The molecule has 10 heavy (non-hydrogen) atoms. The number of hydrogen-bond donors (Lipinski definition) is 0. The van der Waals surface area contributed by atoms with E-state index in [2.05, 4.69) is 4.74 Å². The van der Waals surface area contributed by atoms with Crippen molar-refractivity contribution in [3.8, 4) is 0 Å². The van der Waals surface area contributed by atoms with Gasteiger partial charge in [-0.05, 0) is 20.8 Å². The first kappa shape index (κ1) is 12.7. The zero-order valence-corrected chi connectivity index (χ0v) is 8.76. The molecule has 0 spiro atoms. The van der Waals surface area contributed by atoms with Crippen LogP contribution in [0.1, 0.15) is 20.8 Å². The zero-order chi connectivity index (χ0) is 7.49. The molecule has 0 N–H and O–H groups in total. The van der Waals surface area contributed by atoms with Crippen molar-refractivity contribution in [2.45, 2.75) is 20.8 Å². The Morgan fingerprint density at radius 1 is 1.40 bits per heavy atom. The number of ether oxygens (including phenoxy) is 1. The molecule has 4 heteroatoms. The second kappa shape index (κ2) is 4.78. The number of rotatable bonds is 1. The van der Waals surface area contributed by atoms with Crippen molar-refractivity contribution in [1.29, 1.82) is 0 Å². The summed E-state index contributed by atoms with van der Waals surface area (Å²) in [5.74, 6) is -0.502. The minimum Gasteiger partial charge on any atom is -0.395 e. The third kappa shape index (κ3) is 4.86. The molecule has 0 aliphatic rings. The van der Waals surface area contributed by atoms with Crippen molar-refractivity contribution in [3.63, 3.8) is 0 Å². The van der Waals surface area contributed by atoms with Gasteiger partial charge in [-0.1, -0.05) is 0 Å². The van der Waals surface area contributed by atoms with Crippen LogP contribution in [0, 0.1) is 5.41 Å². The van der Waals surface area contributed by atoms with Gasteiger partial charge in [-0.25, -0.2) is 0 Å².